The van der Waals surface area contributed by atoms with Gasteiger partial charge in [-0.15, -0.1) is 0 Å². The first-order chi connectivity index (χ1) is 8.56. The third-order valence-corrected chi connectivity index (χ3v) is 3.13. The second-order valence-corrected chi connectivity index (χ2v) is 4.54. The summed E-state index contributed by atoms with van der Waals surface area (Å²) in [5.41, 5.74) is 5.80. The SMILES string of the molecule is Nc1ccc(=O)n(CC(=O)N2CCC(O)CC2)c1. The number of piperidine rings is 1. The van der Waals surface area contributed by atoms with Crippen LogP contribution in [0.5, 0.6) is 0 Å². The fourth-order valence-electron chi connectivity index (χ4n) is 2.03. The van der Waals surface area contributed by atoms with Crippen LogP contribution < -0.4 is 11.3 Å². The number of anilines is 1. The minimum absolute atomic E-state index is 0.0000312. The Labute approximate surface area is 105 Å². The number of aliphatic hydroxyl groups is 1. The molecular weight excluding hydrogens is 234 g/mol. The highest BCUT2D eigenvalue weighted by Gasteiger charge is 2.21. The molecule has 0 atom stereocenters. The Morgan fingerprint density at radius 3 is 2.72 bits per heavy atom. The van der Waals surface area contributed by atoms with E-state index in [-0.39, 0.29) is 24.1 Å². The maximum atomic E-state index is 12.0. The molecule has 1 aliphatic rings. The van der Waals surface area contributed by atoms with Gasteiger partial charge in [-0.2, -0.15) is 0 Å². The van der Waals surface area contributed by atoms with Crippen molar-refractivity contribution in [3.8, 4) is 0 Å². The second-order valence-electron chi connectivity index (χ2n) is 4.54. The Hall–Kier alpha value is -1.82. The summed E-state index contributed by atoms with van der Waals surface area (Å²) >= 11 is 0. The average Bonchev–Trinajstić information content (AvgIpc) is 2.34. The number of rotatable bonds is 2. The molecular formula is C12H17N3O3. The summed E-state index contributed by atoms with van der Waals surface area (Å²) < 4.78 is 1.31. The molecule has 1 saturated heterocycles. The Kier molecular flexibility index (Phi) is 3.66. The number of pyridine rings is 1. The number of hydrogen-bond acceptors (Lipinski definition) is 4. The number of nitrogens with two attached hydrogens (primary N) is 1. The lowest BCUT2D eigenvalue weighted by molar-refractivity contribution is -0.133. The zero-order valence-corrected chi connectivity index (χ0v) is 10.1. The van der Waals surface area contributed by atoms with Crippen LogP contribution in [0.1, 0.15) is 12.8 Å². The summed E-state index contributed by atoms with van der Waals surface area (Å²) in [5, 5.41) is 9.37. The summed E-state index contributed by atoms with van der Waals surface area (Å²) in [6.07, 6.45) is 2.35. The molecule has 0 saturated carbocycles. The minimum atomic E-state index is -0.316. The summed E-state index contributed by atoms with van der Waals surface area (Å²) in [6.45, 7) is 1.08. The molecule has 1 aromatic heterocycles. The zero-order valence-electron chi connectivity index (χ0n) is 10.1. The average molecular weight is 251 g/mol. The first-order valence-corrected chi connectivity index (χ1v) is 5.98. The Morgan fingerprint density at radius 1 is 1.39 bits per heavy atom. The number of aromatic nitrogens is 1. The molecule has 98 valence electrons. The molecule has 2 heterocycles. The number of hydrogen-bond donors (Lipinski definition) is 2. The maximum absolute atomic E-state index is 12.0. The van der Waals surface area contributed by atoms with Crippen LogP contribution in [0.2, 0.25) is 0 Å². The molecule has 2 rings (SSSR count). The number of amides is 1. The van der Waals surface area contributed by atoms with Crippen LogP contribution in [-0.2, 0) is 11.3 Å². The van der Waals surface area contributed by atoms with E-state index in [4.69, 9.17) is 5.73 Å². The van der Waals surface area contributed by atoms with Crippen molar-refractivity contribution in [3.05, 3.63) is 28.7 Å². The molecule has 0 bridgehead atoms. The largest absolute Gasteiger partial charge is 0.398 e. The van der Waals surface area contributed by atoms with Gasteiger partial charge in [-0.25, -0.2) is 0 Å². The Bertz CT molecular complexity index is 490. The van der Waals surface area contributed by atoms with Crippen molar-refractivity contribution in [2.24, 2.45) is 0 Å². The molecule has 0 aromatic carbocycles. The van der Waals surface area contributed by atoms with E-state index in [1.165, 1.54) is 22.9 Å². The van der Waals surface area contributed by atoms with Crippen molar-refractivity contribution in [2.75, 3.05) is 18.8 Å². The molecule has 0 radical (unpaired) electrons. The van der Waals surface area contributed by atoms with Crippen LogP contribution in [-0.4, -0.2) is 39.7 Å². The summed E-state index contributed by atoms with van der Waals surface area (Å²) in [4.78, 5) is 25.2. The van der Waals surface area contributed by atoms with E-state index in [1.54, 1.807) is 4.90 Å². The first-order valence-electron chi connectivity index (χ1n) is 5.98. The highest BCUT2D eigenvalue weighted by molar-refractivity contribution is 5.76. The third kappa shape index (κ3) is 2.89. The Balaban J connectivity index is 2.03. The van der Waals surface area contributed by atoms with Gasteiger partial charge in [0, 0.05) is 31.0 Å². The topological polar surface area (TPSA) is 88.6 Å². The number of aliphatic hydroxyl groups excluding tert-OH is 1. The lowest BCUT2D eigenvalue weighted by Crippen LogP contribution is -2.42. The van der Waals surface area contributed by atoms with E-state index in [0.29, 0.717) is 31.6 Å². The minimum Gasteiger partial charge on any atom is -0.398 e. The van der Waals surface area contributed by atoms with Crippen LogP contribution in [0.25, 0.3) is 0 Å². The standard InChI is InChI=1S/C12H17N3O3/c13-9-1-2-11(17)15(7-9)8-12(18)14-5-3-10(16)4-6-14/h1-2,7,10,16H,3-6,8,13H2. The van der Waals surface area contributed by atoms with Gasteiger partial charge in [-0.3, -0.25) is 9.59 Å². The van der Waals surface area contributed by atoms with Crippen LogP contribution in [0, 0.1) is 0 Å². The molecule has 1 aliphatic heterocycles. The number of likely N-dealkylation sites (tertiary alicyclic amines) is 1. The number of carbonyl (C=O) groups excluding carboxylic acids is 1. The molecule has 0 spiro atoms. The normalized spacial score (nSPS) is 16.8. The van der Waals surface area contributed by atoms with E-state index in [0.717, 1.165) is 0 Å². The smallest absolute Gasteiger partial charge is 0.251 e. The van der Waals surface area contributed by atoms with Crippen molar-refractivity contribution >= 4 is 11.6 Å². The number of nitrogens with zero attached hydrogens (tertiary/aromatic N) is 2. The van der Waals surface area contributed by atoms with Gasteiger partial charge in [0.2, 0.25) is 5.91 Å². The monoisotopic (exact) mass is 251 g/mol. The lowest BCUT2D eigenvalue weighted by atomic mass is 10.1. The van der Waals surface area contributed by atoms with Crippen LogP contribution in [0.15, 0.2) is 23.1 Å². The predicted octanol–water partition coefficient (Wildman–Crippen LogP) is -0.586. The van der Waals surface area contributed by atoms with E-state index in [9.17, 15) is 14.7 Å². The molecule has 6 nitrogen and oxygen atoms in total. The van der Waals surface area contributed by atoms with E-state index in [1.807, 2.05) is 0 Å². The Morgan fingerprint density at radius 2 is 2.06 bits per heavy atom. The predicted molar refractivity (Wildman–Crippen MR) is 66.9 cm³/mol. The van der Waals surface area contributed by atoms with Crippen molar-refractivity contribution in [1.82, 2.24) is 9.47 Å². The molecule has 1 fully saturated rings. The van der Waals surface area contributed by atoms with Crippen molar-refractivity contribution in [3.63, 3.8) is 0 Å². The molecule has 6 heteroatoms. The van der Waals surface area contributed by atoms with Gasteiger partial charge >= 0.3 is 0 Å². The fourth-order valence-corrected chi connectivity index (χ4v) is 2.03. The highest BCUT2D eigenvalue weighted by Crippen LogP contribution is 2.10. The van der Waals surface area contributed by atoms with Gasteiger partial charge in [0.1, 0.15) is 6.54 Å². The first kappa shape index (κ1) is 12.6. The van der Waals surface area contributed by atoms with E-state index in [2.05, 4.69) is 0 Å². The number of nitrogen functional groups attached to an aromatic ring is 1. The van der Waals surface area contributed by atoms with Gasteiger partial charge in [0.15, 0.2) is 0 Å². The van der Waals surface area contributed by atoms with Gasteiger partial charge in [-0.05, 0) is 18.9 Å². The van der Waals surface area contributed by atoms with Crippen LogP contribution in [0.3, 0.4) is 0 Å². The second kappa shape index (κ2) is 5.22. The lowest BCUT2D eigenvalue weighted by Gasteiger charge is -2.29. The molecule has 3 N–H and O–H groups in total. The summed E-state index contributed by atoms with van der Waals surface area (Å²) in [6, 6.07) is 2.86. The van der Waals surface area contributed by atoms with Crippen molar-refractivity contribution in [2.45, 2.75) is 25.5 Å². The summed E-state index contributed by atoms with van der Waals surface area (Å²) in [5.74, 6) is -0.116. The molecule has 1 amide bonds. The van der Waals surface area contributed by atoms with E-state index >= 15 is 0 Å². The maximum Gasteiger partial charge on any atom is 0.251 e. The highest BCUT2D eigenvalue weighted by atomic mass is 16.3. The number of carbonyl (C=O) groups is 1. The van der Waals surface area contributed by atoms with E-state index < -0.39 is 0 Å². The molecule has 1 aromatic rings. The van der Waals surface area contributed by atoms with Gasteiger partial charge in [0.25, 0.3) is 5.56 Å². The quantitative estimate of drug-likeness (QED) is 0.735. The zero-order chi connectivity index (χ0) is 13.1. The summed E-state index contributed by atoms with van der Waals surface area (Å²) in [7, 11) is 0. The van der Waals surface area contributed by atoms with Crippen LogP contribution >= 0.6 is 0 Å². The van der Waals surface area contributed by atoms with Gasteiger partial charge in [-0.1, -0.05) is 0 Å². The molecule has 0 aliphatic carbocycles. The molecule has 0 unspecified atom stereocenters. The van der Waals surface area contributed by atoms with Crippen LogP contribution in [0.4, 0.5) is 5.69 Å². The van der Waals surface area contributed by atoms with Crippen molar-refractivity contribution in [1.29, 1.82) is 0 Å². The fraction of sp³-hybridized carbons (Fsp3) is 0.500. The van der Waals surface area contributed by atoms with Gasteiger partial charge < -0.3 is 20.3 Å². The van der Waals surface area contributed by atoms with Crippen molar-refractivity contribution < 1.29 is 9.90 Å². The van der Waals surface area contributed by atoms with Gasteiger partial charge in [0.05, 0.1) is 6.10 Å². The molecule has 18 heavy (non-hydrogen) atoms. The third-order valence-electron chi connectivity index (χ3n) is 3.13.